The van der Waals surface area contributed by atoms with E-state index >= 15 is 0 Å². The first-order chi connectivity index (χ1) is 9.11. The van der Waals surface area contributed by atoms with Gasteiger partial charge in [0.05, 0.1) is 12.7 Å². The Balaban J connectivity index is 2.45. The Bertz CT molecular complexity index is 640. The van der Waals surface area contributed by atoms with Crippen LogP contribution in [0.5, 0.6) is 0 Å². The Morgan fingerprint density at radius 3 is 2.84 bits per heavy atom. The Morgan fingerprint density at radius 2 is 2.16 bits per heavy atom. The number of ether oxygens (including phenoxy) is 1. The van der Waals surface area contributed by atoms with Gasteiger partial charge in [-0.05, 0) is 23.6 Å². The number of esters is 1. The Morgan fingerprint density at radius 1 is 1.37 bits per heavy atom. The molecule has 1 aromatic carbocycles. The maximum atomic E-state index is 11.5. The van der Waals surface area contributed by atoms with Crippen molar-refractivity contribution < 1.29 is 19.4 Å². The van der Waals surface area contributed by atoms with E-state index in [0.29, 0.717) is 16.8 Å². The molecule has 0 aliphatic carbocycles. The van der Waals surface area contributed by atoms with Crippen LogP contribution < -0.4 is 5.32 Å². The van der Waals surface area contributed by atoms with Crippen LogP contribution in [0.15, 0.2) is 30.5 Å². The predicted octanol–water partition coefficient (Wildman–Crippen LogP) is 1.52. The standard InChI is InChI=1S/C13H12N2O4/c1-19-13(18)9-3-2-8-4-5-14-12(10(8)6-9)15-7-11(16)17/h2-6H,7H2,1H3,(H,14,15)(H,16,17). The van der Waals surface area contributed by atoms with Crippen molar-refractivity contribution in [2.45, 2.75) is 0 Å². The smallest absolute Gasteiger partial charge is 0.337 e. The number of carboxylic acid groups (broad SMARTS) is 1. The van der Waals surface area contributed by atoms with Gasteiger partial charge in [-0.3, -0.25) is 4.79 Å². The summed E-state index contributed by atoms with van der Waals surface area (Å²) in [7, 11) is 1.30. The number of aliphatic carboxylic acids is 1. The monoisotopic (exact) mass is 260 g/mol. The summed E-state index contributed by atoms with van der Waals surface area (Å²) in [4.78, 5) is 26.1. The average molecular weight is 260 g/mol. The molecule has 0 radical (unpaired) electrons. The quantitative estimate of drug-likeness (QED) is 0.810. The molecule has 0 aliphatic heterocycles. The number of rotatable bonds is 4. The molecule has 6 heteroatoms. The number of hydrogen-bond donors (Lipinski definition) is 2. The third-order valence-corrected chi connectivity index (χ3v) is 2.59. The van der Waals surface area contributed by atoms with Crippen LogP contribution in [0.3, 0.4) is 0 Å². The summed E-state index contributed by atoms with van der Waals surface area (Å²) < 4.78 is 4.65. The number of nitrogens with zero attached hydrogens (tertiary/aromatic N) is 1. The lowest BCUT2D eigenvalue weighted by atomic mass is 10.1. The number of carbonyl (C=O) groups is 2. The summed E-state index contributed by atoms with van der Waals surface area (Å²) in [5.74, 6) is -1.01. The molecule has 2 aromatic rings. The molecule has 0 fully saturated rings. The maximum Gasteiger partial charge on any atom is 0.337 e. The SMILES string of the molecule is COC(=O)c1ccc2ccnc(NCC(=O)O)c2c1. The van der Waals surface area contributed by atoms with Crippen molar-refractivity contribution in [1.29, 1.82) is 0 Å². The molecule has 0 atom stereocenters. The van der Waals surface area contributed by atoms with E-state index in [1.807, 2.05) is 0 Å². The van der Waals surface area contributed by atoms with E-state index in [1.54, 1.807) is 30.5 Å². The number of aromatic nitrogens is 1. The average Bonchev–Trinajstić information content (AvgIpc) is 2.43. The van der Waals surface area contributed by atoms with Crippen LogP contribution in [-0.2, 0) is 9.53 Å². The van der Waals surface area contributed by atoms with Gasteiger partial charge in [-0.2, -0.15) is 0 Å². The summed E-state index contributed by atoms with van der Waals surface area (Å²) >= 11 is 0. The predicted molar refractivity (Wildman–Crippen MR) is 69.2 cm³/mol. The number of methoxy groups -OCH3 is 1. The number of fused-ring (bicyclic) bond motifs is 1. The molecular formula is C13H12N2O4. The number of carbonyl (C=O) groups excluding carboxylic acids is 1. The lowest BCUT2D eigenvalue weighted by Gasteiger charge is -2.08. The number of nitrogens with one attached hydrogen (secondary N) is 1. The highest BCUT2D eigenvalue weighted by atomic mass is 16.5. The molecular weight excluding hydrogens is 248 g/mol. The van der Waals surface area contributed by atoms with E-state index in [2.05, 4.69) is 15.0 Å². The minimum atomic E-state index is -0.983. The van der Waals surface area contributed by atoms with Gasteiger partial charge in [0.2, 0.25) is 0 Å². The van der Waals surface area contributed by atoms with Gasteiger partial charge in [-0.1, -0.05) is 6.07 Å². The minimum absolute atomic E-state index is 0.242. The van der Waals surface area contributed by atoms with Gasteiger partial charge in [0.25, 0.3) is 0 Å². The molecule has 19 heavy (non-hydrogen) atoms. The van der Waals surface area contributed by atoms with Crippen molar-refractivity contribution in [3.8, 4) is 0 Å². The highest BCUT2D eigenvalue weighted by Gasteiger charge is 2.09. The third kappa shape index (κ3) is 2.79. The molecule has 1 heterocycles. The van der Waals surface area contributed by atoms with Crippen LogP contribution in [0.1, 0.15) is 10.4 Å². The van der Waals surface area contributed by atoms with Crippen LogP contribution in [0.4, 0.5) is 5.82 Å². The summed E-state index contributed by atoms with van der Waals surface area (Å²) in [6.45, 7) is -0.242. The second-order valence-electron chi connectivity index (χ2n) is 3.83. The van der Waals surface area contributed by atoms with Gasteiger partial charge in [0.15, 0.2) is 0 Å². The Kier molecular flexibility index (Phi) is 3.61. The van der Waals surface area contributed by atoms with Crippen LogP contribution >= 0.6 is 0 Å². The van der Waals surface area contributed by atoms with Crippen molar-refractivity contribution in [2.75, 3.05) is 19.0 Å². The molecule has 0 saturated heterocycles. The Labute approximate surface area is 109 Å². The largest absolute Gasteiger partial charge is 0.480 e. The van der Waals surface area contributed by atoms with E-state index in [1.165, 1.54) is 7.11 Å². The molecule has 2 N–H and O–H groups in total. The number of benzene rings is 1. The third-order valence-electron chi connectivity index (χ3n) is 2.59. The molecule has 6 nitrogen and oxygen atoms in total. The fourth-order valence-corrected chi connectivity index (χ4v) is 1.71. The lowest BCUT2D eigenvalue weighted by molar-refractivity contribution is -0.134. The topological polar surface area (TPSA) is 88.5 Å². The molecule has 98 valence electrons. The number of carboxylic acids is 1. The molecule has 0 saturated carbocycles. The molecule has 0 aliphatic rings. The van der Waals surface area contributed by atoms with E-state index < -0.39 is 11.9 Å². The van der Waals surface area contributed by atoms with Crippen LogP contribution in [-0.4, -0.2) is 35.7 Å². The first-order valence-electron chi connectivity index (χ1n) is 5.54. The molecule has 0 spiro atoms. The second-order valence-corrected chi connectivity index (χ2v) is 3.83. The van der Waals surface area contributed by atoms with E-state index in [4.69, 9.17) is 5.11 Å². The fraction of sp³-hybridized carbons (Fsp3) is 0.154. The highest BCUT2D eigenvalue weighted by molar-refractivity contribution is 5.99. The summed E-state index contributed by atoms with van der Waals surface area (Å²) in [6, 6.07) is 6.81. The van der Waals surface area contributed by atoms with E-state index in [-0.39, 0.29) is 6.54 Å². The van der Waals surface area contributed by atoms with Crippen molar-refractivity contribution in [3.05, 3.63) is 36.0 Å². The first kappa shape index (κ1) is 12.8. The number of hydrogen-bond acceptors (Lipinski definition) is 5. The highest BCUT2D eigenvalue weighted by Crippen LogP contribution is 2.22. The second kappa shape index (κ2) is 5.34. The van der Waals surface area contributed by atoms with Crippen molar-refractivity contribution in [1.82, 2.24) is 4.98 Å². The van der Waals surface area contributed by atoms with Gasteiger partial charge >= 0.3 is 11.9 Å². The molecule has 0 unspecified atom stereocenters. The zero-order valence-electron chi connectivity index (χ0n) is 10.2. The van der Waals surface area contributed by atoms with Crippen LogP contribution in [0.25, 0.3) is 10.8 Å². The molecule has 0 amide bonds. The number of pyridine rings is 1. The van der Waals surface area contributed by atoms with Gasteiger partial charge < -0.3 is 15.2 Å². The van der Waals surface area contributed by atoms with E-state index in [0.717, 1.165) is 5.39 Å². The first-order valence-corrected chi connectivity index (χ1v) is 5.54. The maximum absolute atomic E-state index is 11.5. The van der Waals surface area contributed by atoms with Crippen LogP contribution in [0.2, 0.25) is 0 Å². The van der Waals surface area contributed by atoms with Gasteiger partial charge in [0, 0.05) is 11.6 Å². The summed E-state index contributed by atoms with van der Waals surface area (Å²) in [5.41, 5.74) is 0.390. The Hall–Kier alpha value is -2.63. The molecule has 1 aromatic heterocycles. The normalized spacial score (nSPS) is 10.2. The molecule has 2 rings (SSSR count). The lowest BCUT2D eigenvalue weighted by Crippen LogP contribution is -2.13. The van der Waals surface area contributed by atoms with Gasteiger partial charge in [-0.15, -0.1) is 0 Å². The number of anilines is 1. The van der Waals surface area contributed by atoms with Crippen molar-refractivity contribution in [2.24, 2.45) is 0 Å². The molecule has 0 bridgehead atoms. The minimum Gasteiger partial charge on any atom is -0.480 e. The van der Waals surface area contributed by atoms with Crippen LogP contribution in [0, 0.1) is 0 Å². The zero-order chi connectivity index (χ0) is 13.8. The summed E-state index contributed by atoms with van der Waals surface area (Å²) in [6.07, 6.45) is 1.57. The fourth-order valence-electron chi connectivity index (χ4n) is 1.71. The van der Waals surface area contributed by atoms with Crippen molar-refractivity contribution >= 4 is 28.5 Å². The van der Waals surface area contributed by atoms with Gasteiger partial charge in [0.1, 0.15) is 12.4 Å². The van der Waals surface area contributed by atoms with E-state index in [9.17, 15) is 9.59 Å². The summed E-state index contributed by atoms with van der Waals surface area (Å²) in [5, 5.41) is 12.9. The zero-order valence-corrected chi connectivity index (χ0v) is 10.2. The van der Waals surface area contributed by atoms with Crippen molar-refractivity contribution in [3.63, 3.8) is 0 Å². The van der Waals surface area contributed by atoms with Gasteiger partial charge in [-0.25, -0.2) is 9.78 Å².